The Balaban J connectivity index is 1.98. The second-order valence-corrected chi connectivity index (χ2v) is 7.15. The third-order valence-electron chi connectivity index (χ3n) is 5.37. The number of fused-ring (bicyclic) bond motifs is 1. The van der Waals surface area contributed by atoms with E-state index in [1.165, 1.54) is 0 Å². The topological polar surface area (TPSA) is 64.2 Å². The first kappa shape index (κ1) is 20.2. The Morgan fingerprint density at radius 1 is 1.07 bits per heavy atom. The largest absolute Gasteiger partial charge is 0.316 e. The summed E-state index contributed by atoms with van der Waals surface area (Å²) in [6, 6.07) is 15.6. The van der Waals surface area contributed by atoms with Crippen molar-refractivity contribution in [2.75, 3.05) is 13.1 Å². The number of rotatable bonds is 8. The normalized spacial score (nSPS) is 12.6. The summed E-state index contributed by atoms with van der Waals surface area (Å²) in [6.45, 7) is 8.11. The van der Waals surface area contributed by atoms with Gasteiger partial charge in [-0.15, -0.1) is 0 Å². The average molecular weight is 379 g/mol. The molecule has 0 radical (unpaired) electrons. The van der Waals surface area contributed by atoms with Crippen molar-refractivity contribution >= 4 is 10.9 Å². The molecule has 2 N–H and O–H groups in total. The predicted molar refractivity (Wildman–Crippen MR) is 116 cm³/mol. The van der Waals surface area contributed by atoms with Crippen molar-refractivity contribution in [1.29, 1.82) is 0 Å². The molecule has 3 aromatic rings. The van der Waals surface area contributed by atoms with Gasteiger partial charge in [-0.05, 0) is 56.6 Å². The van der Waals surface area contributed by atoms with Crippen molar-refractivity contribution in [2.45, 2.75) is 46.2 Å². The summed E-state index contributed by atoms with van der Waals surface area (Å²) < 4.78 is 1.76. The molecule has 1 aromatic heterocycles. The molecule has 0 bridgehead atoms. The lowest BCUT2D eigenvalue weighted by Gasteiger charge is -2.26. The van der Waals surface area contributed by atoms with Crippen LogP contribution in [0, 0.1) is 6.92 Å². The lowest BCUT2D eigenvalue weighted by atomic mass is 10.1. The molecule has 1 heterocycles. The second kappa shape index (κ2) is 9.13. The number of aromatic nitrogens is 2. The molecule has 1 atom stereocenters. The highest BCUT2D eigenvalue weighted by Gasteiger charge is 2.15. The van der Waals surface area contributed by atoms with Crippen molar-refractivity contribution in [3.8, 4) is 5.69 Å². The molecule has 0 aliphatic heterocycles. The Morgan fingerprint density at radius 2 is 1.79 bits per heavy atom. The standard InChI is InChI=1S/C23H30N4O/c1-4-26(5-2)20(24)15-10-16-21-25-19-14-9-11-17(3)22(19)23(28)27(21)18-12-7-6-8-13-18/h6-9,11-14,20H,4-5,10,15-16,24H2,1-3H3. The molecule has 0 spiro atoms. The summed E-state index contributed by atoms with van der Waals surface area (Å²) in [6.07, 6.45) is 2.50. The number of hydrogen-bond donors (Lipinski definition) is 1. The van der Waals surface area contributed by atoms with Gasteiger partial charge in [0.05, 0.1) is 22.8 Å². The SMILES string of the molecule is CCN(CC)C(N)CCCc1nc2cccc(C)c2c(=O)n1-c1ccccc1. The summed E-state index contributed by atoms with van der Waals surface area (Å²) in [7, 11) is 0. The van der Waals surface area contributed by atoms with Gasteiger partial charge in [0.1, 0.15) is 5.82 Å². The van der Waals surface area contributed by atoms with E-state index < -0.39 is 0 Å². The van der Waals surface area contributed by atoms with Crippen molar-refractivity contribution < 1.29 is 0 Å². The summed E-state index contributed by atoms with van der Waals surface area (Å²) in [5.74, 6) is 0.793. The fraction of sp³-hybridized carbons (Fsp3) is 0.391. The summed E-state index contributed by atoms with van der Waals surface area (Å²) in [4.78, 5) is 20.5. The Morgan fingerprint density at radius 3 is 2.46 bits per heavy atom. The van der Waals surface area contributed by atoms with E-state index in [0.717, 1.165) is 48.5 Å². The zero-order chi connectivity index (χ0) is 20.1. The lowest BCUT2D eigenvalue weighted by molar-refractivity contribution is 0.208. The highest BCUT2D eigenvalue weighted by molar-refractivity contribution is 5.81. The van der Waals surface area contributed by atoms with Crippen molar-refractivity contribution in [3.63, 3.8) is 0 Å². The molecule has 0 saturated heterocycles. The highest BCUT2D eigenvalue weighted by atomic mass is 16.1. The van der Waals surface area contributed by atoms with Gasteiger partial charge in [0, 0.05) is 6.42 Å². The van der Waals surface area contributed by atoms with Gasteiger partial charge in [-0.25, -0.2) is 4.98 Å². The van der Waals surface area contributed by atoms with Gasteiger partial charge in [0.15, 0.2) is 0 Å². The number of para-hydroxylation sites is 1. The fourth-order valence-electron chi connectivity index (χ4n) is 3.80. The molecule has 0 aliphatic carbocycles. The van der Waals surface area contributed by atoms with E-state index in [4.69, 9.17) is 10.7 Å². The number of nitrogens with two attached hydrogens (primary N) is 1. The Hall–Kier alpha value is -2.50. The van der Waals surface area contributed by atoms with Gasteiger partial charge in [-0.2, -0.15) is 0 Å². The van der Waals surface area contributed by atoms with Gasteiger partial charge in [0.2, 0.25) is 0 Å². The van der Waals surface area contributed by atoms with E-state index in [1.807, 2.05) is 55.5 Å². The van der Waals surface area contributed by atoms with Crippen LogP contribution in [0.25, 0.3) is 16.6 Å². The van der Waals surface area contributed by atoms with E-state index in [2.05, 4.69) is 18.7 Å². The highest BCUT2D eigenvalue weighted by Crippen LogP contribution is 2.17. The van der Waals surface area contributed by atoms with Gasteiger partial charge in [0.25, 0.3) is 5.56 Å². The summed E-state index contributed by atoms with van der Waals surface area (Å²) in [5, 5.41) is 0.690. The van der Waals surface area contributed by atoms with Crippen LogP contribution in [0.2, 0.25) is 0 Å². The van der Waals surface area contributed by atoms with Crippen LogP contribution in [0.4, 0.5) is 0 Å². The zero-order valence-electron chi connectivity index (χ0n) is 17.1. The maximum Gasteiger partial charge on any atom is 0.266 e. The predicted octanol–water partition coefficient (Wildman–Crippen LogP) is 3.64. The van der Waals surface area contributed by atoms with Crippen molar-refractivity contribution in [3.05, 3.63) is 70.3 Å². The maximum absolute atomic E-state index is 13.4. The quantitative estimate of drug-likeness (QED) is 0.608. The van der Waals surface area contributed by atoms with Crippen LogP contribution in [0.15, 0.2) is 53.3 Å². The van der Waals surface area contributed by atoms with Crippen LogP contribution in [0.1, 0.15) is 38.1 Å². The number of nitrogens with zero attached hydrogens (tertiary/aromatic N) is 3. The third-order valence-corrected chi connectivity index (χ3v) is 5.37. The summed E-state index contributed by atoms with van der Waals surface area (Å²) in [5.41, 5.74) is 8.90. The number of aryl methyl sites for hydroxylation is 2. The minimum absolute atomic E-state index is 0.00246. The second-order valence-electron chi connectivity index (χ2n) is 7.15. The Labute approximate surface area is 166 Å². The monoisotopic (exact) mass is 378 g/mol. The van der Waals surface area contributed by atoms with Gasteiger partial charge in [-0.3, -0.25) is 14.3 Å². The first-order valence-electron chi connectivity index (χ1n) is 10.1. The molecule has 0 fully saturated rings. The first-order valence-corrected chi connectivity index (χ1v) is 10.1. The summed E-state index contributed by atoms with van der Waals surface area (Å²) >= 11 is 0. The van der Waals surface area contributed by atoms with E-state index >= 15 is 0 Å². The molecule has 0 aliphatic rings. The molecular weight excluding hydrogens is 348 g/mol. The van der Waals surface area contributed by atoms with Gasteiger partial charge in [-0.1, -0.05) is 44.2 Å². The van der Waals surface area contributed by atoms with E-state index in [0.29, 0.717) is 11.8 Å². The van der Waals surface area contributed by atoms with Crippen molar-refractivity contribution in [1.82, 2.24) is 14.5 Å². The molecule has 28 heavy (non-hydrogen) atoms. The van der Waals surface area contributed by atoms with Crippen LogP contribution in [0.5, 0.6) is 0 Å². The fourth-order valence-corrected chi connectivity index (χ4v) is 3.80. The minimum Gasteiger partial charge on any atom is -0.316 e. The molecule has 0 saturated carbocycles. The number of benzene rings is 2. The number of hydrogen-bond acceptors (Lipinski definition) is 4. The van der Waals surface area contributed by atoms with Crippen LogP contribution in [0.3, 0.4) is 0 Å². The van der Waals surface area contributed by atoms with E-state index in [-0.39, 0.29) is 11.7 Å². The van der Waals surface area contributed by atoms with E-state index in [9.17, 15) is 4.79 Å². The van der Waals surface area contributed by atoms with E-state index in [1.54, 1.807) is 4.57 Å². The maximum atomic E-state index is 13.4. The third kappa shape index (κ3) is 4.16. The smallest absolute Gasteiger partial charge is 0.266 e. The van der Waals surface area contributed by atoms with Crippen molar-refractivity contribution in [2.24, 2.45) is 5.73 Å². The average Bonchev–Trinajstić information content (AvgIpc) is 2.69. The Kier molecular flexibility index (Phi) is 6.60. The zero-order valence-corrected chi connectivity index (χ0v) is 17.1. The Bertz CT molecular complexity index is 977. The molecule has 1 unspecified atom stereocenters. The van der Waals surface area contributed by atoms with Crippen LogP contribution in [-0.2, 0) is 6.42 Å². The van der Waals surface area contributed by atoms with Gasteiger partial charge >= 0.3 is 0 Å². The molecule has 5 heteroatoms. The minimum atomic E-state index is -0.00246. The molecule has 0 amide bonds. The first-order chi connectivity index (χ1) is 13.6. The molecule has 5 nitrogen and oxygen atoms in total. The van der Waals surface area contributed by atoms with Gasteiger partial charge < -0.3 is 5.73 Å². The molecular formula is C23H30N4O. The lowest BCUT2D eigenvalue weighted by Crippen LogP contribution is -2.41. The molecule has 3 rings (SSSR count). The molecule has 2 aromatic carbocycles. The molecule has 148 valence electrons. The van der Waals surface area contributed by atoms with Crippen LogP contribution < -0.4 is 11.3 Å². The van der Waals surface area contributed by atoms with Crippen LogP contribution in [-0.4, -0.2) is 33.7 Å². The van der Waals surface area contributed by atoms with Crippen LogP contribution >= 0.6 is 0 Å².